The Kier molecular flexibility index (Phi) is 6.66. The number of carbonyl (C=O) groups excluding carboxylic acids is 2. The van der Waals surface area contributed by atoms with Gasteiger partial charge in [-0.1, -0.05) is 46.6 Å². The molecule has 5 rings (SSSR count). The van der Waals surface area contributed by atoms with E-state index in [2.05, 4.69) is 13.8 Å². The third-order valence-electron chi connectivity index (χ3n) is 11.6. The lowest BCUT2D eigenvalue weighted by Crippen LogP contribution is -2.73. The normalized spacial score (nSPS) is 47.9. The van der Waals surface area contributed by atoms with Crippen LogP contribution in [0.4, 0.5) is 8.78 Å². The average molecular weight is 536 g/mol. The number of aliphatic hydroxyl groups excluding tert-OH is 2. The highest BCUT2D eigenvalue weighted by molar-refractivity contribution is 6.01. The minimum absolute atomic E-state index is 0.0690. The van der Waals surface area contributed by atoms with Crippen LogP contribution in [0, 0.1) is 28.1 Å². The molecule has 0 spiro atoms. The van der Waals surface area contributed by atoms with Crippen molar-refractivity contribution in [3.8, 4) is 0 Å². The van der Waals surface area contributed by atoms with Gasteiger partial charge in [-0.05, 0) is 62.2 Å². The Bertz CT molecular complexity index is 1070. The van der Waals surface area contributed by atoms with Gasteiger partial charge in [-0.2, -0.15) is 5.06 Å². The molecule has 1 saturated heterocycles. The molecule has 4 fully saturated rings. The number of carbonyl (C=O) groups is 2. The Morgan fingerprint density at radius 3 is 2.47 bits per heavy atom. The zero-order chi connectivity index (χ0) is 27.9. The number of halogens is 2. The van der Waals surface area contributed by atoms with Gasteiger partial charge in [0.25, 0.3) is 0 Å². The summed E-state index contributed by atoms with van der Waals surface area (Å²) in [5, 5.41) is 23.8. The first-order chi connectivity index (χ1) is 17.8. The quantitative estimate of drug-likeness (QED) is 0.501. The second kappa shape index (κ2) is 9.02. The van der Waals surface area contributed by atoms with Gasteiger partial charge in [0.1, 0.15) is 12.8 Å². The predicted molar refractivity (Wildman–Crippen MR) is 138 cm³/mol. The SMILES string of the molecule is CCCC(CCC)N1CC2CC3(C)C4CC(F)C5=CC(=O)C=CC5(C)C4(F)C(O)CC3(C)C2(C(=O)CO)O1. The molecule has 0 aromatic rings. The minimum Gasteiger partial charge on any atom is -0.390 e. The van der Waals surface area contributed by atoms with Crippen molar-refractivity contribution in [1.82, 2.24) is 5.06 Å². The number of hydrogen-bond acceptors (Lipinski definition) is 6. The number of nitrogens with zero attached hydrogens (tertiary/aromatic N) is 1. The molecule has 1 heterocycles. The molecule has 1 aliphatic heterocycles. The fraction of sp³-hybridized carbons (Fsp3) is 0.800. The van der Waals surface area contributed by atoms with Crippen molar-refractivity contribution in [2.24, 2.45) is 28.1 Å². The Hall–Kier alpha value is -1.48. The van der Waals surface area contributed by atoms with E-state index in [-0.39, 0.29) is 36.2 Å². The summed E-state index contributed by atoms with van der Waals surface area (Å²) in [6.45, 7) is 9.36. The molecule has 6 nitrogen and oxygen atoms in total. The molecule has 0 aromatic carbocycles. The van der Waals surface area contributed by atoms with Gasteiger partial charge >= 0.3 is 0 Å². The molecule has 9 unspecified atom stereocenters. The lowest BCUT2D eigenvalue weighted by molar-refractivity contribution is -0.294. The van der Waals surface area contributed by atoms with Gasteiger partial charge in [-0.25, -0.2) is 8.78 Å². The standard InChI is InChI=1S/C30H43F2NO5/c1-6-8-19(9-7-2)33-16-18-14-27(4)23-13-22(31)21-12-20(35)10-11-26(21,3)29(23,32)24(36)15-28(27,5)30(18,38-33)25(37)17-34/h10-12,18-19,22-24,34,36H,6-9,13-17H2,1-5H3. The second-order valence-corrected chi connectivity index (χ2v) is 13.2. The van der Waals surface area contributed by atoms with Crippen LogP contribution in [-0.4, -0.2) is 69.6 Å². The second-order valence-electron chi connectivity index (χ2n) is 13.2. The first-order valence-corrected chi connectivity index (χ1v) is 14.4. The average Bonchev–Trinajstić information content (AvgIpc) is 3.33. The summed E-state index contributed by atoms with van der Waals surface area (Å²) in [6, 6.07) is 0.115. The van der Waals surface area contributed by atoms with Crippen LogP contribution in [0.1, 0.15) is 79.6 Å². The molecule has 0 aromatic heterocycles. The maximum Gasteiger partial charge on any atom is 0.192 e. The van der Waals surface area contributed by atoms with E-state index in [4.69, 9.17) is 4.84 Å². The lowest BCUT2D eigenvalue weighted by Gasteiger charge is -2.67. The van der Waals surface area contributed by atoms with Crippen LogP contribution in [0.2, 0.25) is 0 Å². The molecule has 5 aliphatic rings. The van der Waals surface area contributed by atoms with Crippen molar-refractivity contribution < 1.29 is 33.4 Å². The fourth-order valence-electron chi connectivity index (χ4n) is 9.67. The number of hydroxylamine groups is 2. The van der Waals surface area contributed by atoms with Crippen molar-refractivity contribution in [2.75, 3.05) is 13.2 Å². The number of hydrogen-bond donors (Lipinski definition) is 2. The molecule has 0 radical (unpaired) electrons. The smallest absolute Gasteiger partial charge is 0.192 e. The molecule has 38 heavy (non-hydrogen) atoms. The van der Waals surface area contributed by atoms with Crippen molar-refractivity contribution in [3.05, 3.63) is 23.8 Å². The zero-order valence-corrected chi connectivity index (χ0v) is 23.3. The fourth-order valence-corrected chi connectivity index (χ4v) is 9.67. The largest absolute Gasteiger partial charge is 0.390 e. The summed E-state index contributed by atoms with van der Waals surface area (Å²) < 4.78 is 33.5. The summed E-state index contributed by atoms with van der Waals surface area (Å²) in [5.74, 6) is -2.08. The van der Waals surface area contributed by atoms with E-state index in [1.165, 1.54) is 18.2 Å². The van der Waals surface area contributed by atoms with Gasteiger partial charge in [0.05, 0.1) is 6.10 Å². The number of fused-ring (bicyclic) bond motifs is 7. The highest BCUT2D eigenvalue weighted by Crippen LogP contribution is 2.77. The van der Waals surface area contributed by atoms with Gasteiger partial charge in [-0.3, -0.25) is 14.4 Å². The van der Waals surface area contributed by atoms with Crippen LogP contribution in [-0.2, 0) is 14.4 Å². The third kappa shape index (κ3) is 3.18. The molecule has 9 atom stereocenters. The van der Waals surface area contributed by atoms with Gasteiger partial charge in [-0.15, -0.1) is 0 Å². The minimum atomic E-state index is -2.23. The van der Waals surface area contributed by atoms with Crippen molar-refractivity contribution in [1.29, 1.82) is 0 Å². The highest BCUT2D eigenvalue weighted by Gasteiger charge is 2.83. The molecular weight excluding hydrogens is 492 g/mol. The van der Waals surface area contributed by atoms with E-state index >= 15 is 8.78 Å². The third-order valence-corrected chi connectivity index (χ3v) is 11.6. The molecule has 0 bridgehead atoms. The number of alkyl halides is 2. The summed E-state index contributed by atoms with van der Waals surface area (Å²) >= 11 is 0. The number of allylic oxidation sites excluding steroid dienone is 4. The summed E-state index contributed by atoms with van der Waals surface area (Å²) in [6.07, 6.45) is 4.71. The molecule has 8 heteroatoms. The van der Waals surface area contributed by atoms with Crippen LogP contribution in [0.5, 0.6) is 0 Å². The molecule has 0 amide bonds. The molecule has 3 saturated carbocycles. The number of rotatable bonds is 7. The molecular formula is C30H43F2NO5. The Morgan fingerprint density at radius 2 is 1.87 bits per heavy atom. The van der Waals surface area contributed by atoms with E-state index in [1.807, 2.05) is 18.9 Å². The van der Waals surface area contributed by atoms with Crippen LogP contribution >= 0.6 is 0 Å². The van der Waals surface area contributed by atoms with Gasteiger partial charge < -0.3 is 10.2 Å². The van der Waals surface area contributed by atoms with E-state index in [9.17, 15) is 19.8 Å². The summed E-state index contributed by atoms with van der Waals surface area (Å²) in [4.78, 5) is 32.5. The number of Topliss-reactive ketones (excluding diaryl/α,β-unsaturated/α-hetero) is 1. The molecule has 2 N–H and O–H groups in total. The Balaban J connectivity index is 1.62. The zero-order valence-electron chi connectivity index (χ0n) is 23.3. The van der Waals surface area contributed by atoms with Gasteiger partial charge in [0, 0.05) is 35.3 Å². The lowest BCUT2D eigenvalue weighted by atomic mass is 9.39. The first kappa shape index (κ1) is 28.1. The van der Waals surface area contributed by atoms with Gasteiger partial charge in [0.2, 0.25) is 0 Å². The Labute approximate surface area is 224 Å². The maximum absolute atomic E-state index is 17.7. The van der Waals surface area contributed by atoms with E-state index in [1.54, 1.807) is 6.92 Å². The van der Waals surface area contributed by atoms with Crippen LogP contribution in [0.3, 0.4) is 0 Å². The van der Waals surface area contributed by atoms with E-state index in [0.29, 0.717) is 13.0 Å². The van der Waals surface area contributed by atoms with E-state index < -0.39 is 58.1 Å². The molecule has 212 valence electrons. The topological polar surface area (TPSA) is 87.1 Å². The molecule has 4 aliphatic carbocycles. The maximum atomic E-state index is 17.7. The Morgan fingerprint density at radius 1 is 1.21 bits per heavy atom. The first-order valence-electron chi connectivity index (χ1n) is 14.4. The number of ketones is 2. The summed E-state index contributed by atoms with van der Waals surface area (Å²) in [7, 11) is 0. The van der Waals surface area contributed by atoms with Crippen molar-refractivity contribution >= 4 is 11.6 Å². The van der Waals surface area contributed by atoms with Crippen LogP contribution in [0.25, 0.3) is 0 Å². The number of aliphatic hydroxyl groups is 2. The van der Waals surface area contributed by atoms with Gasteiger partial charge in [0.15, 0.2) is 22.8 Å². The van der Waals surface area contributed by atoms with Crippen molar-refractivity contribution in [3.63, 3.8) is 0 Å². The van der Waals surface area contributed by atoms with Crippen molar-refractivity contribution in [2.45, 2.75) is 109 Å². The van der Waals surface area contributed by atoms with E-state index in [0.717, 1.165) is 25.7 Å². The predicted octanol–water partition coefficient (Wildman–Crippen LogP) is 4.44. The van der Waals surface area contributed by atoms with Crippen LogP contribution in [0.15, 0.2) is 23.8 Å². The monoisotopic (exact) mass is 535 g/mol. The summed E-state index contributed by atoms with van der Waals surface area (Å²) in [5.41, 5.74) is -7.02. The highest BCUT2D eigenvalue weighted by atomic mass is 19.1. The van der Waals surface area contributed by atoms with Crippen LogP contribution < -0.4 is 0 Å².